The van der Waals surface area contributed by atoms with Crippen LogP contribution in [0, 0.1) is 11.6 Å². The zero-order valence-electron chi connectivity index (χ0n) is 15.3. The second-order valence-corrected chi connectivity index (χ2v) is 7.03. The van der Waals surface area contributed by atoms with Crippen molar-refractivity contribution in [3.63, 3.8) is 0 Å². The number of hydrogen-bond donors (Lipinski definition) is 2. The largest absolute Gasteiger partial charge is 0.447 e. The van der Waals surface area contributed by atoms with Gasteiger partial charge in [-0.15, -0.1) is 0 Å². The molecule has 3 aromatic rings. The van der Waals surface area contributed by atoms with E-state index >= 15 is 0 Å². The number of hydrogen-bond acceptors (Lipinski definition) is 4. The van der Waals surface area contributed by atoms with Gasteiger partial charge in [0.05, 0.1) is 29.5 Å². The number of aromatic nitrogens is 1. The Hall–Kier alpha value is -3.13. The van der Waals surface area contributed by atoms with Crippen LogP contribution in [0.3, 0.4) is 0 Å². The number of pyridine rings is 1. The highest BCUT2D eigenvalue weighted by Gasteiger charge is 2.27. The van der Waals surface area contributed by atoms with Crippen molar-refractivity contribution in [1.29, 1.82) is 0 Å². The predicted octanol–water partition coefficient (Wildman–Crippen LogP) is 4.59. The number of H-pyrrole nitrogens is 1. The number of fused-ring (bicyclic) bond motifs is 1. The molecular formula is C20H16ClF2N3O3. The standard InChI is InChI=1S/C20H16ClF2N3O3/c1-10(12-9-11-5-6-13(22)16(21)18(11)25-19(12)27)24-14-3-2-4-15(17(14)23)26-7-8-29-20(26)28/h2-6,9-10,24H,7-8H2,1H3,(H,25,27)/t10-/m0/s1. The summed E-state index contributed by atoms with van der Waals surface area (Å²) in [4.78, 5) is 28.0. The Morgan fingerprint density at radius 1 is 1.24 bits per heavy atom. The van der Waals surface area contributed by atoms with Gasteiger partial charge in [0.25, 0.3) is 5.56 Å². The highest BCUT2D eigenvalue weighted by atomic mass is 35.5. The number of carbonyl (C=O) groups is 1. The van der Waals surface area contributed by atoms with Crippen LogP contribution in [0.4, 0.5) is 25.0 Å². The topological polar surface area (TPSA) is 74.4 Å². The Morgan fingerprint density at radius 3 is 2.76 bits per heavy atom. The van der Waals surface area contributed by atoms with E-state index in [2.05, 4.69) is 10.3 Å². The molecule has 150 valence electrons. The average molecular weight is 420 g/mol. The number of amides is 1. The molecule has 1 saturated heterocycles. The summed E-state index contributed by atoms with van der Waals surface area (Å²) in [5, 5.41) is 3.34. The van der Waals surface area contributed by atoms with Crippen LogP contribution < -0.4 is 15.8 Å². The molecule has 0 saturated carbocycles. The molecule has 0 radical (unpaired) electrons. The molecule has 1 aliphatic rings. The number of aromatic amines is 1. The monoisotopic (exact) mass is 419 g/mol. The molecule has 6 nitrogen and oxygen atoms in total. The van der Waals surface area contributed by atoms with Gasteiger partial charge in [-0.05, 0) is 37.3 Å². The van der Waals surface area contributed by atoms with Crippen molar-refractivity contribution in [2.75, 3.05) is 23.4 Å². The van der Waals surface area contributed by atoms with E-state index in [0.29, 0.717) is 10.9 Å². The first-order valence-electron chi connectivity index (χ1n) is 8.87. The van der Waals surface area contributed by atoms with Gasteiger partial charge in [0.15, 0.2) is 5.82 Å². The van der Waals surface area contributed by atoms with E-state index in [9.17, 15) is 18.4 Å². The predicted molar refractivity (Wildman–Crippen MR) is 107 cm³/mol. The SMILES string of the molecule is C[C@H](Nc1cccc(N2CCOC2=O)c1F)c1cc2ccc(F)c(Cl)c2[nH]c1=O. The summed E-state index contributed by atoms with van der Waals surface area (Å²) in [5.74, 6) is -1.26. The number of nitrogens with zero attached hydrogens (tertiary/aromatic N) is 1. The highest BCUT2D eigenvalue weighted by molar-refractivity contribution is 6.35. The van der Waals surface area contributed by atoms with Gasteiger partial charge >= 0.3 is 6.09 Å². The zero-order valence-corrected chi connectivity index (χ0v) is 16.0. The van der Waals surface area contributed by atoms with Crippen LogP contribution >= 0.6 is 11.6 Å². The molecule has 2 N–H and O–H groups in total. The molecule has 2 aromatic carbocycles. The van der Waals surface area contributed by atoms with E-state index in [1.54, 1.807) is 19.1 Å². The molecule has 9 heteroatoms. The molecule has 0 bridgehead atoms. The molecule has 29 heavy (non-hydrogen) atoms. The van der Waals surface area contributed by atoms with Gasteiger partial charge in [-0.1, -0.05) is 17.7 Å². The van der Waals surface area contributed by atoms with Gasteiger partial charge in [0, 0.05) is 10.9 Å². The number of ether oxygens (including phenoxy) is 1. The summed E-state index contributed by atoms with van der Waals surface area (Å²) in [6.45, 7) is 2.15. The lowest BCUT2D eigenvalue weighted by molar-refractivity contribution is 0.181. The fourth-order valence-corrected chi connectivity index (χ4v) is 3.54. The second-order valence-electron chi connectivity index (χ2n) is 6.65. The van der Waals surface area contributed by atoms with Crippen LogP contribution in [0.1, 0.15) is 18.5 Å². The van der Waals surface area contributed by atoms with E-state index in [1.807, 2.05) is 0 Å². The van der Waals surface area contributed by atoms with Crippen LogP contribution in [0.15, 0.2) is 41.2 Å². The number of anilines is 2. The summed E-state index contributed by atoms with van der Waals surface area (Å²) in [6, 6.07) is 8.31. The summed E-state index contributed by atoms with van der Waals surface area (Å²) in [6.07, 6.45) is -0.607. The lowest BCUT2D eigenvalue weighted by Gasteiger charge is -2.19. The lowest BCUT2D eigenvalue weighted by Crippen LogP contribution is -2.25. The summed E-state index contributed by atoms with van der Waals surface area (Å²) in [5.41, 5.74) is 0.286. The maximum Gasteiger partial charge on any atom is 0.414 e. The number of carbonyl (C=O) groups excluding carboxylic acids is 1. The maximum absolute atomic E-state index is 15.0. The van der Waals surface area contributed by atoms with Crippen molar-refractivity contribution in [2.24, 2.45) is 0 Å². The van der Waals surface area contributed by atoms with E-state index in [4.69, 9.17) is 16.3 Å². The normalized spacial score (nSPS) is 14.9. The molecule has 1 amide bonds. The maximum atomic E-state index is 15.0. The molecule has 2 heterocycles. The van der Waals surface area contributed by atoms with Gasteiger partial charge in [0.2, 0.25) is 0 Å². The molecule has 0 aliphatic carbocycles. The first kappa shape index (κ1) is 19.2. The van der Waals surface area contributed by atoms with Gasteiger partial charge in [-0.2, -0.15) is 0 Å². The third kappa shape index (κ3) is 3.40. The molecule has 0 unspecified atom stereocenters. The van der Waals surface area contributed by atoms with Crippen LogP contribution in [-0.2, 0) is 4.74 Å². The van der Waals surface area contributed by atoms with Crippen LogP contribution in [0.2, 0.25) is 5.02 Å². The third-order valence-electron chi connectivity index (χ3n) is 4.81. The number of nitrogens with one attached hydrogen (secondary N) is 2. The van der Waals surface area contributed by atoms with E-state index in [-0.39, 0.29) is 35.1 Å². The van der Waals surface area contributed by atoms with E-state index < -0.39 is 29.3 Å². The van der Waals surface area contributed by atoms with E-state index in [1.165, 1.54) is 29.2 Å². The Balaban J connectivity index is 1.67. The molecule has 4 rings (SSSR count). The first-order chi connectivity index (χ1) is 13.9. The van der Waals surface area contributed by atoms with Gasteiger partial charge in [-0.25, -0.2) is 13.6 Å². The molecule has 1 atom stereocenters. The van der Waals surface area contributed by atoms with Gasteiger partial charge in [0.1, 0.15) is 17.4 Å². The summed E-state index contributed by atoms with van der Waals surface area (Å²) >= 11 is 5.92. The Morgan fingerprint density at radius 2 is 2.03 bits per heavy atom. The minimum atomic E-state index is -0.631. The first-order valence-corrected chi connectivity index (χ1v) is 9.25. The van der Waals surface area contributed by atoms with Crippen LogP contribution in [0.5, 0.6) is 0 Å². The van der Waals surface area contributed by atoms with E-state index in [0.717, 1.165) is 0 Å². The average Bonchev–Trinajstić information content (AvgIpc) is 3.12. The minimum absolute atomic E-state index is 0.0966. The summed E-state index contributed by atoms with van der Waals surface area (Å²) < 4.78 is 33.4. The fourth-order valence-electron chi connectivity index (χ4n) is 3.32. The van der Waals surface area contributed by atoms with Crippen LogP contribution in [0.25, 0.3) is 10.9 Å². The molecular weight excluding hydrogens is 404 g/mol. The van der Waals surface area contributed by atoms with Crippen molar-refractivity contribution in [1.82, 2.24) is 4.98 Å². The Kier molecular flexibility index (Phi) is 4.87. The second kappa shape index (κ2) is 7.36. The quantitative estimate of drug-likeness (QED) is 0.648. The molecule has 1 fully saturated rings. The highest BCUT2D eigenvalue weighted by Crippen LogP contribution is 2.30. The smallest absolute Gasteiger partial charge is 0.414 e. The molecule has 1 aliphatic heterocycles. The number of halogens is 3. The number of cyclic esters (lactones) is 1. The molecule has 1 aromatic heterocycles. The minimum Gasteiger partial charge on any atom is -0.447 e. The van der Waals surface area contributed by atoms with Crippen LogP contribution in [-0.4, -0.2) is 24.2 Å². The Bertz CT molecular complexity index is 1180. The summed E-state index contributed by atoms with van der Waals surface area (Å²) in [7, 11) is 0. The zero-order chi connectivity index (χ0) is 20.7. The molecule has 0 spiro atoms. The van der Waals surface area contributed by atoms with Crippen molar-refractivity contribution < 1.29 is 18.3 Å². The number of rotatable bonds is 4. The van der Waals surface area contributed by atoms with Crippen molar-refractivity contribution in [3.05, 3.63) is 69.0 Å². The van der Waals surface area contributed by atoms with Crippen molar-refractivity contribution in [2.45, 2.75) is 13.0 Å². The fraction of sp³-hybridized carbons (Fsp3) is 0.200. The van der Waals surface area contributed by atoms with Crippen molar-refractivity contribution in [3.8, 4) is 0 Å². The Labute approximate surface area is 169 Å². The van der Waals surface area contributed by atoms with Gasteiger partial charge < -0.3 is 15.0 Å². The van der Waals surface area contributed by atoms with Crippen molar-refractivity contribution >= 4 is 40.0 Å². The lowest BCUT2D eigenvalue weighted by atomic mass is 10.1. The van der Waals surface area contributed by atoms with Gasteiger partial charge in [-0.3, -0.25) is 9.69 Å². The number of benzene rings is 2. The third-order valence-corrected chi connectivity index (χ3v) is 5.18.